The van der Waals surface area contributed by atoms with Crippen molar-refractivity contribution in [2.75, 3.05) is 19.8 Å². The van der Waals surface area contributed by atoms with Crippen LogP contribution in [0, 0.1) is 0 Å². The van der Waals surface area contributed by atoms with Gasteiger partial charge in [-0.05, 0) is 18.1 Å². The van der Waals surface area contributed by atoms with E-state index in [-0.39, 0.29) is 0 Å². The monoisotopic (exact) mass is 251 g/mol. The Labute approximate surface area is 108 Å². The summed E-state index contributed by atoms with van der Waals surface area (Å²) in [5, 5.41) is 3.96. The Morgan fingerprint density at radius 3 is 3.00 bits per heavy atom. The van der Waals surface area contributed by atoms with E-state index in [0.717, 1.165) is 26.2 Å². The van der Waals surface area contributed by atoms with Gasteiger partial charge in [-0.25, -0.2) is 0 Å². The molecule has 0 fully saturated rings. The van der Waals surface area contributed by atoms with E-state index in [1.807, 2.05) is 11.8 Å². The van der Waals surface area contributed by atoms with Crippen LogP contribution in [0.3, 0.4) is 0 Å². The van der Waals surface area contributed by atoms with Gasteiger partial charge in [0.1, 0.15) is 0 Å². The maximum atomic E-state index is 5.72. The highest BCUT2D eigenvalue weighted by Gasteiger charge is 2.21. The van der Waals surface area contributed by atoms with Crippen molar-refractivity contribution in [1.82, 2.24) is 5.32 Å². The first-order chi connectivity index (χ1) is 8.25. The molecule has 1 unspecified atom stereocenters. The van der Waals surface area contributed by atoms with Crippen LogP contribution in [-0.2, 0) is 11.2 Å². The molecular weight excluding hydrogens is 230 g/mol. The lowest BCUT2D eigenvalue weighted by molar-refractivity contribution is 0.136. The molecule has 94 valence electrons. The lowest BCUT2D eigenvalue weighted by Crippen LogP contribution is -2.27. The van der Waals surface area contributed by atoms with E-state index >= 15 is 0 Å². The maximum Gasteiger partial charge on any atom is 0.0592 e. The highest BCUT2D eigenvalue weighted by atomic mass is 32.2. The smallest absolute Gasteiger partial charge is 0.0592 e. The summed E-state index contributed by atoms with van der Waals surface area (Å²) in [6.45, 7) is 6.93. The summed E-state index contributed by atoms with van der Waals surface area (Å²) in [5.41, 5.74) is 1.48. The van der Waals surface area contributed by atoms with Gasteiger partial charge in [0.2, 0.25) is 0 Å². The van der Waals surface area contributed by atoms with Crippen LogP contribution in [0.25, 0.3) is 0 Å². The van der Waals surface area contributed by atoms with Crippen molar-refractivity contribution in [2.24, 2.45) is 0 Å². The largest absolute Gasteiger partial charge is 0.379 e. The highest BCUT2D eigenvalue weighted by Crippen LogP contribution is 2.36. The molecule has 0 saturated heterocycles. The van der Waals surface area contributed by atoms with Crippen molar-refractivity contribution >= 4 is 11.8 Å². The summed E-state index contributed by atoms with van der Waals surface area (Å²) in [5.74, 6) is 0. The standard InChI is InChI=1S/C14H21NOS/c1-11(2)15-7-8-16-10-13-9-12-5-3-4-6-14(12)17-13/h3-6,11,13,15H,7-10H2,1-2H3. The number of ether oxygens (including phenoxy) is 1. The van der Waals surface area contributed by atoms with Crippen LogP contribution in [0.1, 0.15) is 19.4 Å². The number of thioether (sulfide) groups is 1. The van der Waals surface area contributed by atoms with Gasteiger partial charge < -0.3 is 10.1 Å². The van der Waals surface area contributed by atoms with Crippen LogP contribution in [0.15, 0.2) is 29.2 Å². The third kappa shape index (κ3) is 4.02. The minimum atomic E-state index is 0.545. The number of nitrogens with one attached hydrogen (secondary N) is 1. The summed E-state index contributed by atoms with van der Waals surface area (Å²) in [7, 11) is 0. The fourth-order valence-electron chi connectivity index (χ4n) is 1.98. The molecule has 1 aromatic rings. The summed E-state index contributed by atoms with van der Waals surface area (Å²) in [4.78, 5) is 1.43. The summed E-state index contributed by atoms with van der Waals surface area (Å²) in [6, 6.07) is 9.21. The third-order valence-corrected chi connectivity index (χ3v) is 4.10. The molecule has 1 aromatic carbocycles. The van der Waals surface area contributed by atoms with Crippen molar-refractivity contribution in [2.45, 2.75) is 36.5 Å². The molecule has 0 spiro atoms. The van der Waals surface area contributed by atoms with E-state index in [1.165, 1.54) is 10.5 Å². The Balaban J connectivity index is 1.63. The van der Waals surface area contributed by atoms with E-state index in [1.54, 1.807) is 0 Å². The lowest BCUT2D eigenvalue weighted by atomic mass is 10.1. The van der Waals surface area contributed by atoms with E-state index in [4.69, 9.17) is 4.74 Å². The molecule has 0 aliphatic carbocycles. The molecule has 0 saturated carbocycles. The van der Waals surface area contributed by atoms with Crippen LogP contribution >= 0.6 is 11.8 Å². The van der Waals surface area contributed by atoms with Gasteiger partial charge in [0.25, 0.3) is 0 Å². The van der Waals surface area contributed by atoms with Crippen molar-refractivity contribution in [3.8, 4) is 0 Å². The molecule has 2 rings (SSSR count). The van der Waals surface area contributed by atoms with Gasteiger partial charge in [0.15, 0.2) is 0 Å². The van der Waals surface area contributed by atoms with E-state index in [0.29, 0.717) is 11.3 Å². The quantitative estimate of drug-likeness (QED) is 0.786. The van der Waals surface area contributed by atoms with E-state index in [2.05, 4.69) is 43.4 Å². The van der Waals surface area contributed by atoms with E-state index in [9.17, 15) is 0 Å². The van der Waals surface area contributed by atoms with Crippen LogP contribution in [0.2, 0.25) is 0 Å². The molecule has 17 heavy (non-hydrogen) atoms. The number of fused-ring (bicyclic) bond motifs is 1. The number of hydrogen-bond donors (Lipinski definition) is 1. The average Bonchev–Trinajstić information content (AvgIpc) is 2.70. The molecule has 0 radical (unpaired) electrons. The summed E-state index contributed by atoms with van der Waals surface area (Å²) >= 11 is 1.96. The third-order valence-electron chi connectivity index (χ3n) is 2.82. The van der Waals surface area contributed by atoms with Crippen molar-refractivity contribution in [3.63, 3.8) is 0 Å². The van der Waals surface area contributed by atoms with E-state index < -0.39 is 0 Å². The lowest BCUT2D eigenvalue weighted by Gasteiger charge is -2.11. The van der Waals surface area contributed by atoms with Crippen LogP contribution in [0.4, 0.5) is 0 Å². The normalized spacial score (nSPS) is 18.6. The Morgan fingerprint density at radius 1 is 1.41 bits per heavy atom. The Hall–Kier alpha value is -0.510. The topological polar surface area (TPSA) is 21.3 Å². The predicted octanol–water partition coefficient (Wildman–Crippen LogP) is 2.72. The zero-order valence-electron chi connectivity index (χ0n) is 10.6. The second kappa shape index (κ2) is 6.43. The molecule has 1 aliphatic rings. The zero-order valence-corrected chi connectivity index (χ0v) is 11.4. The first-order valence-electron chi connectivity index (χ1n) is 6.31. The van der Waals surface area contributed by atoms with Gasteiger partial charge in [-0.2, -0.15) is 0 Å². The molecule has 1 atom stereocenters. The fourth-order valence-corrected chi connectivity index (χ4v) is 3.23. The van der Waals surface area contributed by atoms with Gasteiger partial charge in [-0.15, -0.1) is 11.8 Å². The molecule has 1 N–H and O–H groups in total. The molecular formula is C14H21NOS. The van der Waals surface area contributed by atoms with Crippen LogP contribution in [0.5, 0.6) is 0 Å². The zero-order chi connectivity index (χ0) is 12.1. The second-order valence-electron chi connectivity index (χ2n) is 4.74. The van der Waals surface area contributed by atoms with Gasteiger partial charge in [0, 0.05) is 22.7 Å². The van der Waals surface area contributed by atoms with Crippen molar-refractivity contribution in [3.05, 3.63) is 29.8 Å². The molecule has 0 amide bonds. The highest BCUT2D eigenvalue weighted by molar-refractivity contribution is 8.00. The summed E-state index contributed by atoms with van der Waals surface area (Å²) in [6.07, 6.45) is 1.15. The number of rotatable bonds is 6. The predicted molar refractivity (Wildman–Crippen MR) is 73.7 cm³/mol. The number of hydrogen-bond acceptors (Lipinski definition) is 3. The van der Waals surface area contributed by atoms with Crippen molar-refractivity contribution in [1.29, 1.82) is 0 Å². The van der Waals surface area contributed by atoms with Gasteiger partial charge in [0.05, 0.1) is 13.2 Å². The summed E-state index contributed by atoms with van der Waals surface area (Å²) < 4.78 is 5.72. The Kier molecular flexibility index (Phi) is 4.89. The van der Waals surface area contributed by atoms with Gasteiger partial charge >= 0.3 is 0 Å². The average molecular weight is 251 g/mol. The molecule has 1 heterocycles. The minimum Gasteiger partial charge on any atom is -0.379 e. The Morgan fingerprint density at radius 2 is 2.24 bits per heavy atom. The maximum absolute atomic E-state index is 5.72. The molecule has 0 aromatic heterocycles. The van der Waals surface area contributed by atoms with Crippen LogP contribution < -0.4 is 5.32 Å². The minimum absolute atomic E-state index is 0.545. The SMILES string of the molecule is CC(C)NCCOCC1Cc2ccccc2S1. The molecule has 0 bridgehead atoms. The molecule has 2 nitrogen and oxygen atoms in total. The fraction of sp³-hybridized carbons (Fsp3) is 0.571. The Bertz CT molecular complexity index is 329. The molecule has 3 heteroatoms. The van der Waals surface area contributed by atoms with Crippen LogP contribution in [-0.4, -0.2) is 31.1 Å². The van der Waals surface area contributed by atoms with Gasteiger partial charge in [-0.3, -0.25) is 0 Å². The number of benzene rings is 1. The second-order valence-corrected chi connectivity index (χ2v) is 6.08. The van der Waals surface area contributed by atoms with Crippen molar-refractivity contribution < 1.29 is 4.74 Å². The first kappa shape index (κ1) is 12.9. The molecule has 1 aliphatic heterocycles. The van der Waals surface area contributed by atoms with Gasteiger partial charge in [-0.1, -0.05) is 32.0 Å². The first-order valence-corrected chi connectivity index (χ1v) is 7.19.